The number of thiophene rings is 1. The van der Waals surface area contributed by atoms with Gasteiger partial charge in [-0.1, -0.05) is 54.6 Å². The average Bonchev–Trinajstić information content (AvgIpc) is 3.19. The zero-order chi connectivity index (χ0) is 24.1. The predicted molar refractivity (Wildman–Crippen MR) is 134 cm³/mol. The number of carbonyl (C=O) groups is 2. The van der Waals surface area contributed by atoms with E-state index in [2.05, 4.69) is 11.4 Å². The number of ether oxygens (including phenoxy) is 1. The molecule has 3 aromatic carbocycles. The molecule has 0 aliphatic carbocycles. The molecule has 3 N–H and O–H groups in total. The highest BCUT2D eigenvalue weighted by atomic mass is 32.1. The first kappa shape index (κ1) is 22.8. The van der Waals surface area contributed by atoms with Crippen LogP contribution >= 0.6 is 11.3 Å². The number of nitrogens with two attached hydrogens (primary N) is 1. The third-order valence-electron chi connectivity index (χ3n) is 5.17. The summed E-state index contributed by atoms with van der Waals surface area (Å²) in [5.41, 5.74) is 10.2. The van der Waals surface area contributed by atoms with Gasteiger partial charge in [0.05, 0.1) is 17.9 Å². The van der Waals surface area contributed by atoms with Crippen molar-refractivity contribution in [2.24, 2.45) is 0 Å². The largest absolute Gasteiger partial charge is 0.462 e. The molecule has 0 saturated carbocycles. The van der Waals surface area contributed by atoms with Crippen LogP contribution in [0.25, 0.3) is 11.1 Å². The first-order valence-corrected chi connectivity index (χ1v) is 11.4. The second-order valence-electron chi connectivity index (χ2n) is 7.36. The standard InChI is InChI=1S/C27H21N3O3S/c1-2-33-27(32)20-12-14-21(15-13-20)30-26-22(16-28)23(29)25(34-26)24(31)19-10-8-18(9-11-19)17-6-4-3-5-7-17/h3-15,30H,2,29H2,1H3. The van der Waals surface area contributed by atoms with Crippen LogP contribution < -0.4 is 11.1 Å². The molecule has 4 aromatic rings. The van der Waals surface area contributed by atoms with Crippen molar-refractivity contribution in [3.63, 3.8) is 0 Å². The van der Waals surface area contributed by atoms with Crippen molar-refractivity contribution in [3.05, 3.63) is 100 Å². The van der Waals surface area contributed by atoms with Gasteiger partial charge in [0.1, 0.15) is 21.5 Å². The monoisotopic (exact) mass is 467 g/mol. The van der Waals surface area contributed by atoms with E-state index in [0.29, 0.717) is 33.3 Å². The summed E-state index contributed by atoms with van der Waals surface area (Å²) >= 11 is 1.13. The number of esters is 1. The van der Waals surface area contributed by atoms with Gasteiger partial charge in [-0.15, -0.1) is 11.3 Å². The van der Waals surface area contributed by atoms with E-state index in [1.807, 2.05) is 42.5 Å². The topological polar surface area (TPSA) is 105 Å². The molecule has 34 heavy (non-hydrogen) atoms. The summed E-state index contributed by atoms with van der Waals surface area (Å²) in [6, 6.07) is 25.9. The summed E-state index contributed by atoms with van der Waals surface area (Å²) in [6.45, 7) is 2.04. The van der Waals surface area contributed by atoms with E-state index in [1.54, 1.807) is 43.3 Å². The minimum Gasteiger partial charge on any atom is -0.462 e. The quantitative estimate of drug-likeness (QED) is 0.254. The Bertz CT molecular complexity index is 1370. The van der Waals surface area contributed by atoms with E-state index in [9.17, 15) is 14.9 Å². The van der Waals surface area contributed by atoms with E-state index in [4.69, 9.17) is 10.5 Å². The van der Waals surface area contributed by atoms with Crippen LogP contribution in [-0.4, -0.2) is 18.4 Å². The number of anilines is 3. The van der Waals surface area contributed by atoms with Crippen molar-refractivity contribution < 1.29 is 14.3 Å². The second-order valence-corrected chi connectivity index (χ2v) is 8.38. The molecule has 0 aliphatic rings. The van der Waals surface area contributed by atoms with Crippen LogP contribution in [-0.2, 0) is 4.74 Å². The molecule has 0 atom stereocenters. The lowest BCUT2D eigenvalue weighted by Crippen LogP contribution is -2.04. The minimum absolute atomic E-state index is 0.148. The van der Waals surface area contributed by atoms with Crippen LogP contribution in [0.1, 0.15) is 38.1 Å². The second kappa shape index (κ2) is 10.0. The van der Waals surface area contributed by atoms with E-state index in [0.717, 1.165) is 22.5 Å². The lowest BCUT2D eigenvalue weighted by Gasteiger charge is -2.06. The molecule has 0 saturated heterocycles. The van der Waals surface area contributed by atoms with Gasteiger partial charge in [0.15, 0.2) is 0 Å². The van der Waals surface area contributed by atoms with Gasteiger partial charge in [-0.25, -0.2) is 4.79 Å². The number of rotatable bonds is 7. The molecule has 168 valence electrons. The third kappa shape index (κ3) is 4.68. The molecule has 7 heteroatoms. The highest BCUT2D eigenvalue weighted by molar-refractivity contribution is 7.19. The zero-order valence-electron chi connectivity index (χ0n) is 18.4. The Hall–Kier alpha value is -4.41. The summed E-state index contributed by atoms with van der Waals surface area (Å²) in [7, 11) is 0. The van der Waals surface area contributed by atoms with Crippen LogP contribution in [0.5, 0.6) is 0 Å². The van der Waals surface area contributed by atoms with Crippen LogP contribution in [0.2, 0.25) is 0 Å². The Morgan fingerprint density at radius 3 is 2.18 bits per heavy atom. The van der Waals surface area contributed by atoms with Crippen molar-refractivity contribution in [1.82, 2.24) is 0 Å². The Morgan fingerprint density at radius 1 is 0.941 bits per heavy atom. The third-order valence-corrected chi connectivity index (χ3v) is 6.29. The molecule has 1 aromatic heterocycles. The molecular formula is C27H21N3O3S. The SMILES string of the molecule is CCOC(=O)c1ccc(Nc2sc(C(=O)c3ccc(-c4ccccc4)cc3)c(N)c2C#N)cc1. The number of hydrogen-bond acceptors (Lipinski definition) is 7. The van der Waals surface area contributed by atoms with Crippen molar-refractivity contribution in [2.75, 3.05) is 17.7 Å². The zero-order valence-corrected chi connectivity index (χ0v) is 19.2. The number of nitrogens with one attached hydrogen (secondary N) is 1. The molecule has 0 unspecified atom stereocenters. The van der Waals surface area contributed by atoms with Crippen LogP contribution in [0, 0.1) is 11.3 Å². The number of benzene rings is 3. The fourth-order valence-electron chi connectivity index (χ4n) is 3.42. The molecular weight excluding hydrogens is 446 g/mol. The first-order valence-electron chi connectivity index (χ1n) is 10.6. The molecule has 4 rings (SSSR count). The fourth-order valence-corrected chi connectivity index (χ4v) is 4.48. The number of nitrogen functional groups attached to an aromatic ring is 1. The fraction of sp³-hybridized carbons (Fsp3) is 0.0741. The maximum atomic E-state index is 13.2. The van der Waals surface area contributed by atoms with Crippen LogP contribution in [0.4, 0.5) is 16.4 Å². The molecule has 0 aliphatic heterocycles. The Morgan fingerprint density at radius 2 is 1.56 bits per heavy atom. The van der Waals surface area contributed by atoms with Gasteiger partial charge in [-0.05, 0) is 42.3 Å². The summed E-state index contributed by atoms with van der Waals surface area (Å²) in [4.78, 5) is 25.3. The van der Waals surface area contributed by atoms with Gasteiger partial charge < -0.3 is 15.8 Å². The molecule has 0 spiro atoms. The summed E-state index contributed by atoms with van der Waals surface area (Å²) in [5.74, 6) is -0.650. The number of carbonyl (C=O) groups excluding carboxylic acids is 2. The van der Waals surface area contributed by atoms with E-state index < -0.39 is 5.97 Å². The lowest BCUT2D eigenvalue weighted by molar-refractivity contribution is 0.0526. The van der Waals surface area contributed by atoms with Gasteiger partial charge >= 0.3 is 5.97 Å². The van der Waals surface area contributed by atoms with Crippen molar-refractivity contribution >= 4 is 39.5 Å². The Kier molecular flexibility index (Phi) is 6.72. The van der Waals surface area contributed by atoms with Crippen molar-refractivity contribution in [2.45, 2.75) is 6.92 Å². The number of nitriles is 1. The van der Waals surface area contributed by atoms with Gasteiger partial charge in [-0.3, -0.25) is 4.79 Å². The van der Waals surface area contributed by atoms with E-state index >= 15 is 0 Å². The number of hydrogen-bond donors (Lipinski definition) is 2. The van der Waals surface area contributed by atoms with Crippen molar-refractivity contribution in [3.8, 4) is 17.2 Å². The molecule has 6 nitrogen and oxygen atoms in total. The molecule has 0 bridgehead atoms. The highest BCUT2D eigenvalue weighted by Gasteiger charge is 2.22. The van der Waals surface area contributed by atoms with Gasteiger partial charge in [0.25, 0.3) is 0 Å². The van der Waals surface area contributed by atoms with E-state index in [1.165, 1.54) is 0 Å². The average molecular weight is 468 g/mol. The Balaban J connectivity index is 1.57. The Labute approximate surface area is 201 Å². The van der Waals surface area contributed by atoms with Crippen LogP contribution in [0.3, 0.4) is 0 Å². The van der Waals surface area contributed by atoms with Crippen molar-refractivity contribution in [1.29, 1.82) is 5.26 Å². The summed E-state index contributed by atoms with van der Waals surface area (Å²) in [5, 5.41) is 13.2. The lowest BCUT2D eigenvalue weighted by atomic mass is 10.0. The normalized spacial score (nSPS) is 10.4. The molecule has 0 amide bonds. The molecule has 0 fully saturated rings. The van der Waals surface area contributed by atoms with E-state index in [-0.39, 0.29) is 17.0 Å². The highest BCUT2D eigenvalue weighted by Crippen LogP contribution is 2.38. The summed E-state index contributed by atoms with van der Waals surface area (Å²) in [6.07, 6.45) is 0. The molecule has 0 radical (unpaired) electrons. The number of nitrogens with zero attached hydrogens (tertiary/aromatic N) is 1. The number of ketones is 1. The summed E-state index contributed by atoms with van der Waals surface area (Å²) < 4.78 is 4.99. The van der Waals surface area contributed by atoms with Crippen LogP contribution in [0.15, 0.2) is 78.9 Å². The smallest absolute Gasteiger partial charge is 0.338 e. The van der Waals surface area contributed by atoms with Gasteiger partial charge in [-0.2, -0.15) is 5.26 Å². The minimum atomic E-state index is -0.404. The predicted octanol–water partition coefficient (Wildman–Crippen LogP) is 6.02. The maximum Gasteiger partial charge on any atom is 0.338 e. The maximum absolute atomic E-state index is 13.2. The van der Waals surface area contributed by atoms with Gasteiger partial charge in [0.2, 0.25) is 5.78 Å². The molecule has 1 heterocycles. The first-order chi connectivity index (χ1) is 16.5. The van der Waals surface area contributed by atoms with Gasteiger partial charge in [0, 0.05) is 11.3 Å².